The van der Waals surface area contributed by atoms with Gasteiger partial charge in [0.05, 0.1) is 6.61 Å². The number of hydrogen-bond donors (Lipinski definition) is 1. The van der Waals surface area contributed by atoms with Crippen LogP contribution in [0, 0.1) is 0 Å². The lowest BCUT2D eigenvalue weighted by Gasteiger charge is -1.82. The van der Waals surface area contributed by atoms with E-state index in [1.807, 2.05) is 0 Å². The molecule has 1 rings (SSSR count). The summed E-state index contributed by atoms with van der Waals surface area (Å²) in [6.45, 7) is 13.7. The van der Waals surface area contributed by atoms with Gasteiger partial charge < -0.3 is 9.84 Å². The van der Waals surface area contributed by atoms with Crippen LogP contribution in [-0.4, -0.2) is 23.7 Å². The summed E-state index contributed by atoms with van der Waals surface area (Å²) in [6.07, 6.45) is 4.82. The maximum atomic E-state index is 10.3. The Labute approximate surface area is 95.2 Å². The predicted molar refractivity (Wildman–Crippen MR) is 62.9 cm³/mol. The first kappa shape index (κ1) is 16.3. The molecule has 1 heterocycles. The summed E-state index contributed by atoms with van der Waals surface area (Å²) >= 11 is 0. The molecule has 0 radical (unpaired) electrons. The highest BCUT2D eigenvalue weighted by molar-refractivity contribution is 5.89. The third kappa shape index (κ3) is 11.9. The molecule has 0 aliphatic carbocycles. The fourth-order valence-electron chi connectivity index (χ4n) is 0.471. The number of aliphatic carboxylic acids is 1. The Morgan fingerprint density at radius 1 is 1.31 bits per heavy atom. The number of carboxylic acid groups (broad SMARTS) is 1. The molecule has 0 saturated carbocycles. The molecule has 4 nitrogen and oxygen atoms in total. The van der Waals surface area contributed by atoms with Crippen LogP contribution in [0.15, 0.2) is 50.1 Å². The van der Waals surface area contributed by atoms with E-state index in [4.69, 9.17) is 5.11 Å². The molecule has 0 atom stereocenters. The molecule has 1 aliphatic rings. The number of cyclic esters (lactones) is 1. The Morgan fingerprint density at radius 3 is 1.81 bits per heavy atom. The summed E-state index contributed by atoms with van der Waals surface area (Å²) in [5.41, 5.74) is 0.597. The van der Waals surface area contributed by atoms with Gasteiger partial charge in [-0.2, -0.15) is 0 Å². The topological polar surface area (TPSA) is 63.6 Å². The van der Waals surface area contributed by atoms with Crippen molar-refractivity contribution in [3.05, 3.63) is 50.1 Å². The number of carbonyl (C=O) groups excluding carboxylic acids is 1. The monoisotopic (exact) mass is 224 g/mol. The Morgan fingerprint density at radius 2 is 1.75 bits per heavy atom. The maximum absolute atomic E-state index is 10.3. The minimum atomic E-state index is -0.981. The second-order valence-corrected chi connectivity index (χ2v) is 2.50. The maximum Gasteiger partial charge on any atom is 0.333 e. The lowest BCUT2D eigenvalue weighted by atomic mass is 10.3. The van der Waals surface area contributed by atoms with E-state index in [-0.39, 0.29) is 5.97 Å². The second kappa shape index (κ2) is 11.0. The molecule has 88 valence electrons. The molecular formula is C12H16O4. The van der Waals surface area contributed by atoms with Crippen molar-refractivity contribution in [2.45, 2.75) is 6.42 Å². The Kier molecular flexibility index (Phi) is 11.2. The first-order valence-electron chi connectivity index (χ1n) is 4.43. The van der Waals surface area contributed by atoms with Gasteiger partial charge in [0.2, 0.25) is 0 Å². The van der Waals surface area contributed by atoms with Crippen LogP contribution < -0.4 is 0 Å². The zero-order valence-corrected chi connectivity index (χ0v) is 9.15. The number of esters is 1. The molecule has 16 heavy (non-hydrogen) atoms. The van der Waals surface area contributed by atoms with Gasteiger partial charge in [0.15, 0.2) is 0 Å². The van der Waals surface area contributed by atoms with Crippen molar-refractivity contribution in [3.63, 3.8) is 0 Å². The predicted octanol–water partition coefficient (Wildman–Crippen LogP) is 2.10. The van der Waals surface area contributed by atoms with Crippen LogP contribution in [0.1, 0.15) is 6.42 Å². The molecule has 4 heteroatoms. The van der Waals surface area contributed by atoms with E-state index in [1.165, 1.54) is 0 Å². The first-order chi connectivity index (χ1) is 7.49. The van der Waals surface area contributed by atoms with Gasteiger partial charge in [-0.1, -0.05) is 38.5 Å². The van der Waals surface area contributed by atoms with Crippen molar-refractivity contribution in [2.75, 3.05) is 6.61 Å². The van der Waals surface area contributed by atoms with Crippen molar-refractivity contribution in [2.24, 2.45) is 0 Å². The van der Waals surface area contributed by atoms with Gasteiger partial charge in [-0.25, -0.2) is 9.59 Å². The molecular weight excluding hydrogens is 208 g/mol. The van der Waals surface area contributed by atoms with Crippen LogP contribution in [0.2, 0.25) is 0 Å². The summed E-state index contributed by atoms with van der Waals surface area (Å²) < 4.78 is 4.53. The highest BCUT2D eigenvalue weighted by Crippen LogP contribution is 2.08. The van der Waals surface area contributed by atoms with Crippen molar-refractivity contribution in [1.82, 2.24) is 0 Å². The molecule has 0 spiro atoms. The number of ether oxygens (including phenoxy) is 1. The Hall–Kier alpha value is -2.10. The third-order valence-corrected chi connectivity index (χ3v) is 1.27. The van der Waals surface area contributed by atoms with Gasteiger partial charge in [0.25, 0.3) is 0 Å². The molecule has 1 N–H and O–H groups in total. The molecule has 0 aromatic carbocycles. The van der Waals surface area contributed by atoms with Crippen LogP contribution >= 0.6 is 0 Å². The van der Waals surface area contributed by atoms with E-state index >= 15 is 0 Å². The lowest BCUT2D eigenvalue weighted by Crippen LogP contribution is -1.91. The number of hydrogen-bond acceptors (Lipinski definition) is 3. The molecule has 0 aromatic rings. The average molecular weight is 224 g/mol. The van der Waals surface area contributed by atoms with E-state index in [0.717, 1.165) is 6.08 Å². The normalized spacial score (nSPS) is 12.0. The summed E-state index contributed by atoms with van der Waals surface area (Å²) in [4.78, 5) is 19.5. The van der Waals surface area contributed by atoms with Gasteiger partial charge in [0, 0.05) is 18.1 Å². The highest BCUT2D eigenvalue weighted by atomic mass is 16.5. The van der Waals surface area contributed by atoms with E-state index in [9.17, 15) is 9.59 Å². The van der Waals surface area contributed by atoms with Gasteiger partial charge >= 0.3 is 11.9 Å². The van der Waals surface area contributed by atoms with Crippen molar-refractivity contribution in [1.29, 1.82) is 0 Å². The lowest BCUT2D eigenvalue weighted by molar-refractivity contribution is -0.135. The minimum Gasteiger partial charge on any atom is -0.478 e. The standard InChI is InChI=1S/C5H6O2.C4H6.C3H4O2/c1-4-2-3-7-5(4)6;1-3-4-2;1-2-3(4)5/h1-3H2;3-4H,1-2H2;2H,1H2,(H,4,5). The average Bonchev–Trinajstić information content (AvgIpc) is 2.64. The van der Waals surface area contributed by atoms with Crippen LogP contribution in [0.5, 0.6) is 0 Å². The van der Waals surface area contributed by atoms with Gasteiger partial charge in [-0.15, -0.1) is 0 Å². The van der Waals surface area contributed by atoms with Crippen molar-refractivity contribution in [3.8, 4) is 0 Å². The number of allylic oxidation sites excluding steroid dienone is 2. The molecule has 0 unspecified atom stereocenters. The Balaban J connectivity index is 0. The van der Waals surface area contributed by atoms with E-state index in [2.05, 4.69) is 31.1 Å². The first-order valence-corrected chi connectivity index (χ1v) is 4.43. The fraction of sp³-hybridized carbons (Fsp3) is 0.167. The van der Waals surface area contributed by atoms with Crippen molar-refractivity contribution < 1.29 is 19.4 Å². The van der Waals surface area contributed by atoms with E-state index in [0.29, 0.717) is 18.6 Å². The second-order valence-electron chi connectivity index (χ2n) is 2.50. The largest absolute Gasteiger partial charge is 0.478 e. The molecule has 0 bridgehead atoms. The molecule has 0 amide bonds. The molecule has 1 aliphatic heterocycles. The number of rotatable bonds is 2. The summed E-state index contributed by atoms with van der Waals surface area (Å²) in [6, 6.07) is 0. The summed E-state index contributed by atoms with van der Waals surface area (Å²) in [5.74, 6) is -1.22. The van der Waals surface area contributed by atoms with Gasteiger partial charge in [-0.05, 0) is 0 Å². The summed E-state index contributed by atoms with van der Waals surface area (Å²) in [5, 5.41) is 7.60. The molecule has 1 saturated heterocycles. The summed E-state index contributed by atoms with van der Waals surface area (Å²) in [7, 11) is 0. The third-order valence-electron chi connectivity index (χ3n) is 1.27. The zero-order valence-electron chi connectivity index (χ0n) is 9.15. The quantitative estimate of drug-likeness (QED) is 0.443. The van der Waals surface area contributed by atoms with Crippen molar-refractivity contribution >= 4 is 11.9 Å². The van der Waals surface area contributed by atoms with Gasteiger partial charge in [0.1, 0.15) is 0 Å². The van der Waals surface area contributed by atoms with Gasteiger partial charge in [-0.3, -0.25) is 0 Å². The zero-order chi connectivity index (χ0) is 13.0. The fourth-order valence-corrected chi connectivity index (χ4v) is 0.471. The molecule has 0 aromatic heterocycles. The SMILES string of the molecule is C=C1CCOC1=O.C=CC(=O)O.C=CC=C. The van der Waals surface area contributed by atoms with Crippen LogP contribution in [0.3, 0.4) is 0 Å². The van der Waals surface area contributed by atoms with Crippen LogP contribution in [0.4, 0.5) is 0 Å². The highest BCUT2D eigenvalue weighted by Gasteiger charge is 2.14. The minimum absolute atomic E-state index is 0.236. The van der Waals surface area contributed by atoms with E-state index in [1.54, 1.807) is 12.2 Å². The van der Waals surface area contributed by atoms with Crippen LogP contribution in [-0.2, 0) is 14.3 Å². The van der Waals surface area contributed by atoms with Crippen LogP contribution in [0.25, 0.3) is 0 Å². The Bertz CT molecular complexity index is 269. The van der Waals surface area contributed by atoms with E-state index < -0.39 is 5.97 Å². The smallest absolute Gasteiger partial charge is 0.333 e. The number of carboxylic acids is 1. The number of carbonyl (C=O) groups is 2. The molecule has 1 fully saturated rings.